The van der Waals surface area contributed by atoms with Gasteiger partial charge in [-0.1, -0.05) is 48.5 Å². The van der Waals surface area contributed by atoms with Gasteiger partial charge in [-0.3, -0.25) is 4.79 Å². The molecule has 0 saturated heterocycles. The lowest BCUT2D eigenvalue weighted by Gasteiger charge is -2.14. The molecule has 5 nitrogen and oxygen atoms in total. The van der Waals surface area contributed by atoms with Crippen molar-refractivity contribution < 1.29 is 14.7 Å². The number of nitrogens with one attached hydrogen (secondary N) is 2. The smallest absolute Gasteiger partial charge is 0.326 e. The summed E-state index contributed by atoms with van der Waals surface area (Å²) in [6.07, 6.45) is 3.44. The minimum absolute atomic E-state index is 0.189. The van der Waals surface area contributed by atoms with E-state index in [2.05, 4.69) is 22.4 Å². The van der Waals surface area contributed by atoms with Gasteiger partial charge in [0.15, 0.2) is 0 Å². The maximum Gasteiger partial charge on any atom is 0.326 e. The van der Waals surface area contributed by atoms with Crippen LogP contribution in [0.25, 0.3) is 10.9 Å². The molecule has 1 amide bonds. The topological polar surface area (TPSA) is 82.2 Å². The molecule has 3 aromatic rings. The van der Waals surface area contributed by atoms with Crippen molar-refractivity contribution in [3.63, 3.8) is 0 Å². The third kappa shape index (κ3) is 3.87. The summed E-state index contributed by atoms with van der Waals surface area (Å²) in [7, 11) is 0. The third-order valence-corrected chi connectivity index (χ3v) is 5.33. The van der Waals surface area contributed by atoms with E-state index in [0.29, 0.717) is 18.3 Å². The van der Waals surface area contributed by atoms with Gasteiger partial charge < -0.3 is 15.4 Å². The zero-order valence-corrected chi connectivity index (χ0v) is 14.9. The summed E-state index contributed by atoms with van der Waals surface area (Å²) in [6.45, 7) is 0. The molecule has 5 heteroatoms. The van der Waals surface area contributed by atoms with E-state index in [9.17, 15) is 14.7 Å². The maximum atomic E-state index is 12.4. The van der Waals surface area contributed by atoms with Crippen molar-refractivity contribution in [3.8, 4) is 0 Å². The monoisotopic (exact) mass is 362 g/mol. The van der Waals surface area contributed by atoms with E-state index in [1.165, 1.54) is 5.56 Å². The number of amides is 1. The van der Waals surface area contributed by atoms with Crippen LogP contribution in [0.1, 0.15) is 29.9 Å². The number of carbonyl (C=O) groups is 2. The lowest BCUT2D eigenvalue weighted by molar-refractivity contribution is -0.141. The summed E-state index contributed by atoms with van der Waals surface area (Å²) in [5.41, 5.74) is 3.11. The van der Waals surface area contributed by atoms with Gasteiger partial charge >= 0.3 is 5.97 Å². The van der Waals surface area contributed by atoms with Crippen LogP contribution in [-0.4, -0.2) is 28.0 Å². The van der Waals surface area contributed by atoms with E-state index in [-0.39, 0.29) is 12.3 Å². The highest BCUT2D eigenvalue weighted by Crippen LogP contribution is 2.49. The molecule has 1 saturated carbocycles. The number of H-pyrrole nitrogens is 1. The number of rotatable bonds is 7. The van der Waals surface area contributed by atoms with Crippen molar-refractivity contribution >= 4 is 22.8 Å². The largest absolute Gasteiger partial charge is 0.480 e. The molecule has 2 aromatic carbocycles. The Balaban J connectivity index is 1.37. The van der Waals surface area contributed by atoms with Gasteiger partial charge in [0, 0.05) is 29.9 Å². The van der Waals surface area contributed by atoms with Gasteiger partial charge in [-0.05, 0) is 35.4 Å². The molecule has 4 rings (SSSR count). The summed E-state index contributed by atoms with van der Waals surface area (Å²) in [5, 5.41) is 13.2. The van der Waals surface area contributed by atoms with Crippen LogP contribution in [0.4, 0.5) is 0 Å². The predicted octanol–water partition coefficient (Wildman–Crippen LogP) is 3.47. The Morgan fingerprint density at radius 2 is 1.85 bits per heavy atom. The summed E-state index contributed by atoms with van der Waals surface area (Å²) >= 11 is 0. The number of hydrogen-bond acceptors (Lipinski definition) is 2. The number of aliphatic carboxylic acids is 1. The highest BCUT2D eigenvalue weighted by Gasteiger charge is 2.39. The maximum absolute atomic E-state index is 12.4. The van der Waals surface area contributed by atoms with E-state index in [0.717, 1.165) is 22.9 Å². The molecule has 1 unspecified atom stereocenters. The zero-order chi connectivity index (χ0) is 18.8. The zero-order valence-electron chi connectivity index (χ0n) is 14.9. The molecule has 3 atom stereocenters. The highest BCUT2D eigenvalue weighted by molar-refractivity contribution is 5.86. The van der Waals surface area contributed by atoms with Crippen LogP contribution in [0.2, 0.25) is 0 Å². The van der Waals surface area contributed by atoms with Crippen molar-refractivity contribution in [1.29, 1.82) is 0 Å². The molecule has 27 heavy (non-hydrogen) atoms. The summed E-state index contributed by atoms with van der Waals surface area (Å²) in [5.74, 6) is -0.488. The third-order valence-electron chi connectivity index (χ3n) is 5.33. The average molecular weight is 362 g/mol. The van der Waals surface area contributed by atoms with Crippen LogP contribution in [0.5, 0.6) is 0 Å². The van der Waals surface area contributed by atoms with E-state index in [1.54, 1.807) is 0 Å². The van der Waals surface area contributed by atoms with Crippen LogP contribution >= 0.6 is 0 Å². The molecule has 1 heterocycles. The first kappa shape index (κ1) is 17.3. The molecule has 0 bridgehead atoms. The predicted molar refractivity (Wildman–Crippen MR) is 103 cm³/mol. The van der Waals surface area contributed by atoms with Gasteiger partial charge in [-0.25, -0.2) is 4.79 Å². The molecule has 1 aliphatic carbocycles. The molecule has 1 fully saturated rings. The van der Waals surface area contributed by atoms with Gasteiger partial charge in [0.25, 0.3) is 0 Å². The number of carboxylic acid groups (broad SMARTS) is 1. The highest BCUT2D eigenvalue weighted by atomic mass is 16.4. The lowest BCUT2D eigenvalue weighted by Crippen LogP contribution is -2.42. The second kappa shape index (κ2) is 7.27. The molecule has 0 aliphatic heterocycles. The fourth-order valence-electron chi connectivity index (χ4n) is 3.79. The molecule has 1 aromatic heterocycles. The number of aromatic nitrogens is 1. The number of carboxylic acids is 1. The van der Waals surface area contributed by atoms with Crippen LogP contribution in [-0.2, 0) is 16.0 Å². The van der Waals surface area contributed by atoms with Gasteiger partial charge in [0.2, 0.25) is 5.91 Å². The first-order valence-corrected chi connectivity index (χ1v) is 9.24. The Kier molecular flexibility index (Phi) is 4.67. The van der Waals surface area contributed by atoms with E-state index >= 15 is 0 Å². The first-order valence-electron chi connectivity index (χ1n) is 9.24. The normalized spacial score (nSPS) is 19.6. The fourth-order valence-corrected chi connectivity index (χ4v) is 3.79. The number of benzene rings is 2. The van der Waals surface area contributed by atoms with Gasteiger partial charge in [-0.2, -0.15) is 0 Å². The number of hydrogen-bond donors (Lipinski definition) is 3. The summed E-state index contributed by atoms with van der Waals surface area (Å²) in [6, 6.07) is 17.0. The second-order valence-electron chi connectivity index (χ2n) is 7.24. The lowest BCUT2D eigenvalue weighted by atomic mass is 10.0. The first-order chi connectivity index (χ1) is 13.1. The average Bonchev–Trinajstić information content (AvgIpc) is 3.32. The second-order valence-corrected chi connectivity index (χ2v) is 7.24. The summed E-state index contributed by atoms with van der Waals surface area (Å²) in [4.78, 5) is 27.2. The standard InChI is InChI=1S/C22H22N2O3/c25-21(12-15-10-18(15)14-6-2-1-3-7-14)24-20(22(26)27)11-16-13-23-19-9-5-4-8-17(16)19/h1-9,13,15,18,20,23H,10-12H2,(H,24,25)(H,26,27)/t15-,18-,20?/m0/s1. The minimum Gasteiger partial charge on any atom is -0.480 e. The van der Waals surface area contributed by atoms with Crippen molar-refractivity contribution in [1.82, 2.24) is 10.3 Å². The molecular weight excluding hydrogens is 340 g/mol. The molecule has 1 aliphatic rings. The quantitative estimate of drug-likeness (QED) is 0.602. The van der Waals surface area contributed by atoms with Crippen molar-refractivity contribution in [2.24, 2.45) is 5.92 Å². The Bertz CT molecular complexity index is 964. The molecule has 0 radical (unpaired) electrons. The number of carbonyl (C=O) groups excluding carboxylic acids is 1. The number of aromatic amines is 1. The van der Waals surface area contributed by atoms with Crippen LogP contribution in [0.15, 0.2) is 60.8 Å². The van der Waals surface area contributed by atoms with Gasteiger partial charge in [0.05, 0.1) is 0 Å². The SMILES string of the molecule is O=C(C[C@@H]1C[C@H]1c1ccccc1)NC(Cc1c[nH]c2ccccc12)C(=O)O. The van der Waals surface area contributed by atoms with Crippen molar-refractivity contribution in [2.45, 2.75) is 31.2 Å². The Hall–Kier alpha value is -3.08. The molecular formula is C22H22N2O3. The van der Waals surface area contributed by atoms with Crippen LogP contribution in [0, 0.1) is 5.92 Å². The van der Waals surface area contributed by atoms with Crippen molar-refractivity contribution in [3.05, 3.63) is 71.9 Å². The molecule has 0 spiro atoms. The Morgan fingerprint density at radius 1 is 1.11 bits per heavy atom. The number of fused-ring (bicyclic) bond motifs is 1. The number of para-hydroxylation sites is 1. The molecule has 3 N–H and O–H groups in total. The van der Waals surface area contributed by atoms with Crippen LogP contribution in [0.3, 0.4) is 0 Å². The van der Waals surface area contributed by atoms with E-state index in [1.807, 2.05) is 48.7 Å². The van der Waals surface area contributed by atoms with E-state index < -0.39 is 12.0 Å². The van der Waals surface area contributed by atoms with Crippen LogP contribution < -0.4 is 5.32 Å². The molecule has 138 valence electrons. The van der Waals surface area contributed by atoms with Gasteiger partial charge in [-0.15, -0.1) is 0 Å². The summed E-state index contributed by atoms with van der Waals surface area (Å²) < 4.78 is 0. The minimum atomic E-state index is -1.01. The fraction of sp³-hybridized carbons (Fsp3) is 0.273. The van der Waals surface area contributed by atoms with E-state index in [4.69, 9.17) is 0 Å². The Morgan fingerprint density at radius 3 is 2.63 bits per heavy atom. The van der Waals surface area contributed by atoms with Crippen molar-refractivity contribution in [2.75, 3.05) is 0 Å². The van der Waals surface area contributed by atoms with Gasteiger partial charge in [0.1, 0.15) is 6.04 Å². The Labute approximate surface area is 157 Å².